The zero-order valence-corrected chi connectivity index (χ0v) is 13.0. The lowest BCUT2D eigenvalue weighted by Crippen LogP contribution is -2.31. The fraction of sp³-hybridized carbons (Fsp3) is 0.533. The van der Waals surface area contributed by atoms with Crippen molar-refractivity contribution in [3.63, 3.8) is 0 Å². The van der Waals surface area contributed by atoms with E-state index in [1.54, 1.807) is 13.2 Å². The molecular weight excluding hydrogens is 302 g/mol. The van der Waals surface area contributed by atoms with E-state index < -0.39 is 4.92 Å². The molecule has 1 aromatic carbocycles. The van der Waals surface area contributed by atoms with Crippen LogP contribution in [0.2, 0.25) is 0 Å². The minimum absolute atomic E-state index is 0.0314. The standard InChI is InChI=1S/C15H21N3O5/c1-22-8-6-16-13-5-4-11(9-14(13)18(20)21)15(19)17-10-12-3-2-7-23-12/h4-5,9,12,16H,2-3,6-8,10H2,1H3,(H,17,19)/t12-/m1/s1. The van der Waals surface area contributed by atoms with Crippen LogP contribution >= 0.6 is 0 Å². The first-order chi connectivity index (χ1) is 11.1. The molecule has 1 aliphatic rings. The molecule has 1 saturated heterocycles. The molecule has 1 heterocycles. The number of nitrogens with one attached hydrogen (secondary N) is 2. The third-order valence-corrected chi connectivity index (χ3v) is 3.59. The first kappa shape index (κ1) is 17.2. The third-order valence-electron chi connectivity index (χ3n) is 3.59. The lowest BCUT2D eigenvalue weighted by molar-refractivity contribution is -0.384. The Morgan fingerprint density at radius 3 is 3.00 bits per heavy atom. The Balaban J connectivity index is 2.01. The van der Waals surface area contributed by atoms with Crippen molar-refractivity contribution in [3.05, 3.63) is 33.9 Å². The topological polar surface area (TPSA) is 103 Å². The van der Waals surface area contributed by atoms with E-state index in [0.717, 1.165) is 12.8 Å². The summed E-state index contributed by atoms with van der Waals surface area (Å²) in [6, 6.07) is 4.38. The molecule has 0 unspecified atom stereocenters. The highest BCUT2D eigenvalue weighted by Gasteiger charge is 2.19. The number of benzene rings is 1. The van der Waals surface area contributed by atoms with E-state index in [1.807, 2.05) is 0 Å². The van der Waals surface area contributed by atoms with Gasteiger partial charge in [-0.15, -0.1) is 0 Å². The molecule has 8 nitrogen and oxygen atoms in total. The van der Waals surface area contributed by atoms with E-state index in [-0.39, 0.29) is 23.3 Å². The van der Waals surface area contributed by atoms with Crippen LogP contribution in [0.15, 0.2) is 18.2 Å². The van der Waals surface area contributed by atoms with Gasteiger partial charge in [0.25, 0.3) is 11.6 Å². The molecule has 2 N–H and O–H groups in total. The first-order valence-electron chi connectivity index (χ1n) is 7.53. The summed E-state index contributed by atoms with van der Waals surface area (Å²) >= 11 is 0. The molecule has 1 aromatic rings. The summed E-state index contributed by atoms with van der Waals surface area (Å²) in [5.41, 5.74) is 0.487. The minimum atomic E-state index is -0.508. The maximum absolute atomic E-state index is 12.1. The van der Waals surface area contributed by atoms with Crippen LogP contribution in [0, 0.1) is 10.1 Å². The van der Waals surface area contributed by atoms with Gasteiger partial charge in [-0.3, -0.25) is 14.9 Å². The largest absolute Gasteiger partial charge is 0.383 e. The first-order valence-corrected chi connectivity index (χ1v) is 7.53. The van der Waals surface area contributed by atoms with Crippen molar-refractivity contribution < 1.29 is 19.2 Å². The Kier molecular flexibility index (Phi) is 6.30. The summed E-state index contributed by atoms with van der Waals surface area (Å²) in [5.74, 6) is -0.341. The summed E-state index contributed by atoms with van der Waals surface area (Å²) in [4.78, 5) is 22.8. The highest BCUT2D eigenvalue weighted by molar-refractivity contribution is 5.95. The average molecular weight is 323 g/mol. The molecule has 1 atom stereocenters. The molecule has 0 aliphatic carbocycles. The van der Waals surface area contributed by atoms with Gasteiger partial charge in [0.1, 0.15) is 5.69 Å². The van der Waals surface area contributed by atoms with E-state index in [2.05, 4.69) is 10.6 Å². The van der Waals surface area contributed by atoms with Gasteiger partial charge in [0, 0.05) is 38.4 Å². The summed E-state index contributed by atoms with van der Waals surface area (Å²) in [6.07, 6.45) is 1.94. The minimum Gasteiger partial charge on any atom is -0.383 e. The predicted molar refractivity (Wildman–Crippen MR) is 84.8 cm³/mol. The molecule has 1 fully saturated rings. The van der Waals surface area contributed by atoms with Crippen molar-refractivity contribution in [3.8, 4) is 0 Å². The Morgan fingerprint density at radius 2 is 2.35 bits per heavy atom. The number of ether oxygens (including phenoxy) is 2. The number of nitro groups is 1. The third kappa shape index (κ3) is 4.90. The van der Waals surface area contributed by atoms with Gasteiger partial charge in [-0.1, -0.05) is 0 Å². The molecule has 23 heavy (non-hydrogen) atoms. The van der Waals surface area contributed by atoms with Gasteiger partial charge in [0.15, 0.2) is 0 Å². The Morgan fingerprint density at radius 1 is 1.52 bits per heavy atom. The van der Waals surface area contributed by atoms with Crippen molar-refractivity contribution in [1.82, 2.24) is 5.32 Å². The smallest absolute Gasteiger partial charge is 0.293 e. The van der Waals surface area contributed by atoms with E-state index in [1.165, 1.54) is 12.1 Å². The molecule has 0 aromatic heterocycles. The second-order valence-corrected chi connectivity index (χ2v) is 5.25. The fourth-order valence-corrected chi connectivity index (χ4v) is 2.38. The van der Waals surface area contributed by atoms with Gasteiger partial charge in [0.2, 0.25) is 0 Å². The van der Waals surface area contributed by atoms with Crippen LogP contribution in [0.1, 0.15) is 23.2 Å². The maximum atomic E-state index is 12.1. The monoisotopic (exact) mass is 323 g/mol. The van der Waals surface area contributed by atoms with Gasteiger partial charge in [-0.25, -0.2) is 0 Å². The molecular formula is C15H21N3O5. The van der Waals surface area contributed by atoms with Crippen molar-refractivity contribution in [2.75, 3.05) is 38.7 Å². The number of amides is 1. The van der Waals surface area contributed by atoms with Crippen LogP contribution in [-0.4, -0.2) is 50.3 Å². The van der Waals surface area contributed by atoms with E-state index >= 15 is 0 Å². The van der Waals surface area contributed by atoms with Gasteiger partial charge >= 0.3 is 0 Å². The molecule has 8 heteroatoms. The lowest BCUT2D eigenvalue weighted by atomic mass is 10.1. The summed E-state index contributed by atoms with van der Waals surface area (Å²) in [7, 11) is 1.55. The molecule has 126 valence electrons. The highest BCUT2D eigenvalue weighted by atomic mass is 16.6. The summed E-state index contributed by atoms with van der Waals surface area (Å²) < 4.78 is 10.3. The molecule has 0 bridgehead atoms. The molecule has 0 radical (unpaired) electrons. The normalized spacial score (nSPS) is 17.0. The fourth-order valence-electron chi connectivity index (χ4n) is 2.38. The number of hydrogen-bond donors (Lipinski definition) is 2. The number of carbonyl (C=O) groups excluding carboxylic acids is 1. The molecule has 0 spiro atoms. The Labute approximate surface area is 134 Å². The molecule has 2 rings (SSSR count). The van der Waals surface area contributed by atoms with Crippen LogP contribution in [0.25, 0.3) is 0 Å². The van der Waals surface area contributed by atoms with Crippen molar-refractivity contribution >= 4 is 17.3 Å². The second-order valence-electron chi connectivity index (χ2n) is 5.25. The zero-order valence-electron chi connectivity index (χ0n) is 13.0. The number of hydrogen-bond acceptors (Lipinski definition) is 6. The maximum Gasteiger partial charge on any atom is 0.293 e. The van der Waals surface area contributed by atoms with Crippen LogP contribution in [0.5, 0.6) is 0 Å². The second kappa shape index (κ2) is 8.44. The number of anilines is 1. The van der Waals surface area contributed by atoms with Crippen LogP contribution < -0.4 is 10.6 Å². The van der Waals surface area contributed by atoms with Crippen LogP contribution in [-0.2, 0) is 9.47 Å². The van der Waals surface area contributed by atoms with Gasteiger partial charge in [-0.05, 0) is 25.0 Å². The van der Waals surface area contributed by atoms with E-state index in [9.17, 15) is 14.9 Å². The quantitative estimate of drug-likeness (QED) is 0.427. The van der Waals surface area contributed by atoms with E-state index in [0.29, 0.717) is 32.0 Å². The van der Waals surface area contributed by atoms with Crippen molar-refractivity contribution in [2.24, 2.45) is 0 Å². The van der Waals surface area contributed by atoms with Crippen molar-refractivity contribution in [1.29, 1.82) is 0 Å². The van der Waals surface area contributed by atoms with E-state index in [4.69, 9.17) is 9.47 Å². The average Bonchev–Trinajstić information content (AvgIpc) is 3.06. The summed E-state index contributed by atoms with van der Waals surface area (Å²) in [5, 5.41) is 16.9. The Hall–Kier alpha value is -2.19. The SMILES string of the molecule is COCCNc1ccc(C(=O)NC[C@H]2CCCO2)cc1[N+](=O)[O-]. The van der Waals surface area contributed by atoms with Gasteiger partial charge in [0.05, 0.1) is 17.6 Å². The number of nitrogens with zero attached hydrogens (tertiary/aromatic N) is 1. The van der Waals surface area contributed by atoms with Crippen molar-refractivity contribution in [2.45, 2.75) is 18.9 Å². The highest BCUT2D eigenvalue weighted by Crippen LogP contribution is 2.25. The van der Waals surface area contributed by atoms with Crippen LogP contribution in [0.3, 0.4) is 0 Å². The van der Waals surface area contributed by atoms with Gasteiger partial charge in [-0.2, -0.15) is 0 Å². The zero-order chi connectivity index (χ0) is 16.7. The number of methoxy groups -OCH3 is 1. The van der Waals surface area contributed by atoms with Gasteiger partial charge < -0.3 is 20.1 Å². The molecule has 1 aliphatic heterocycles. The molecule has 0 saturated carbocycles. The predicted octanol–water partition coefficient (Wildman–Crippen LogP) is 1.56. The number of nitro benzene ring substituents is 1. The lowest BCUT2D eigenvalue weighted by Gasteiger charge is -2.11. The molecule has 1 amide bonds. The summed E-state index contributed by atoms with van der Waals surface area (Å²) in [6.45, 7) is 2.01. The number of rotatable bonds is 8. The van der Waals surface area contributed by atoms with Crippen LogP contribution in [0.4, 0.5) is 11.4 Å². The Bertz CT molecular complexity index is 558. The number of carbonyl (C=O) groups is 1.